The van der Waals surface area contributed by atoms with E-state index < -0.39 is 5.97 Å². The zero-order valence-electron chi connectivity index (χ0n) is 15.9. The average Bonchev–Trinajstić information content (AvgIpc) is 2.55. The van der Waals surface area contributed by atoms with Crippen LogP contribution in [-0.2, 0) is 16.6 Å². The minimum atomic E-state index is -0.396. The van der Waals surface area contributed by atoms with Crippen LogP contribution in [0.1, 0.15) is 50.8 Å². The molecule has 3 nitrogen and oxygen atoms in total. The Balaban J connectivity index is 1.99. The van der Waals surface area contributed by atoms with E-state index in [-0.39, 0.29) is 12.0 Å². The number of rotatable bonds is 6. The average molecular weight is 340 g/mol. The summed E-state index contributed by atoms with van der Waals surface area (Å²) in [6.07, 6.45) is 2.16. The number of ether oxygens (including phenoxy) is 2. The number of benzene rings is 2. The molecule has 0 atom stereocenters. The van der Waals surface area contributed by atoms with E-state index in [1.165, 1.54) is 5.56 Å². The van der Waals surface area contributed by atoms with Crippen LogP contribution < -0.4 is 9.47 Å². The van der Waals surface area contributed by atoms with E-state index >= 15 is 0 Å². The van der Waals surface area contributed by atoms with Crippen molar-refractivity contribution in [2.45, 2.75) is 52.9 Å². The van der Waals surface area contributed by atoms with E-state index in [0.717, 1.165) is 24.0 Å². The fourth-order valence-electron chi connectivity index (χ4n) is 2.65. The summed E-state index contributed by atoms with van der Waals surface area (Å²) >= 11 is 0. The van der Waals surface area contributed by atoms with Gasteiger partial charge in [0.05, 0.1) is 0 Å². The quantitative estimate of drug-likeness (QED) is 0.533. The molecule has 2 aromatic carbocycles. The lowest BCUT2D eigenvalue weighted by molar-refractivity contribution is -0.136. The molecule has 0 unspecified atom stereocenters. The van der Waals surface area contributed by atoms with Gasteiger partial charge < -0.3 is 9.47 Å². The molecule has 134 valence electrons. The lowest BCUT2D eigenvalue weighted by Crippen LogP contribution is -2.21. The first kappa shape index (κ1) is 19.0. The minimum Gasteiger partial charge on any atom is -0.482 e. The number of hydrogen-bond acceptors (Lipinski definition) is 3. The Labute approximate surface area is 151 Å². The number of carbonyl (C=O) groups excluding carboxylic acids is 1. The summed E-state index contributed by atoms with van der Waals surface area (Å²) in [6, 6.07) is 13.7. The monoisotopic (exact) mass is 340 g/mol. The SMILES string of the molecule is CCCc1ccc(OCC(=O)Oc2ccc(C)cc2C(C)(C)C)cc1. The van der Waals surface area contributed by atoms with Crippen molar-refractivity contribution in [1.29, 1.82) is 0 Å². The summed E-state index contributed by atoms with van der Waals surface area (Å²) in [5.41, 5.74) is 3.34. The zero-order valence-corrected chi connectivity index (χ0v) is 15.9. The van der Waals surface area contributed by atoms with Crippen molar-refractivity contribution in [1.82, 2.24) is 0 Å². The molecular formula is C22H28O3. The number of carbonyl (C=O) groups is 1. The standard InChI is InChI=1S/C22H28O3/c1-6-7-17-9-11-18(12-10-17)24-15-21(23)25-20-13-8-16(2)14-19(20)22(3,4)5/h8-14H,6-7,15H2,1-5H3. The topological polar surface area (TPSA) is 35.5 Å². The molecule has 2 rings (SSSR count). The van der Waals surface area contributed by atoms with Crippen LogP contribution in [-0.4, -0.2) is 12.6 Å². The Kier molecular flexibility index (Phi) is 6.24. The molecule has 25 heavy (non-hydrogen) atoms. The van der Waals surface area contributed by atoms with Gasteiger partial charge in [-0.3, -0.25) is 0 Å². The first-order valence-corrected chi connectivity index (χ1v) is 8.83. The van der Waals surface area contributed by atoms with Crippen LogP contribution >= 0.6 is 0 Å². The minimum absolute atomic E-state index is 0.0996. The Hall–Kier alpha value is -2.29. The second-order valence-electron chi connectivity index (χ2n) is 7.41. The van der Waals surface area contributed by atoms with Crippen LogP contribution in [0.2, 0.25) is 0 Å². The van der Waals surface area contributed by atoms with Crippen LogP contribution in [0.5, 0.6) is 11.5 Å². The molecule has 0 amide bonds. The third-order valence-electron chi connectivity index (χ3n) is 3.99. The Morgan fingerprint density at radius 1 is 1.04 bits per heavy atom. The predicted octanol–water partition coefficient (Wildman–Crippen LogP) is 5.23. The molecule has 0 aliphatic heterocycles. The van der Waals surface area contributed by atoms with Crippen molar-refractivity contribution in [2.75, 3.05) is 6.61 Å². The van der Waals surface area contributed by atoms with Gasteiger partial charge in [0.25, 0.3) is 0 Å². The van der Waals surface area contributed by atoms with Crippen LogP contribution in [0.4, 0.5) is 0 Å². The molecule has 0 N–H and O–H groups in total. The number of esters is 1. The van der Waals surface area contributed by atoms with Crippen molar-refractivity contribution in [2.24, 2.45) is 0 Å². The Morgan fingerprint density at radius 2 is 1.72 bits per heavy atom. The fourth-order valence-corrected chi connectivity index (χ4v) is 2.65. The highest BCUT2D eigenvalue weighted by molar-refractivity contribution is 5.74. The van der Waals surface area contributed by atoms with E-state index in [0.29, 0.717) is 11.5 Å². The van der Waals surface area contributed by atoms with Crippen molar-refractivity contribution in [3.05, 3.63) is 59.2 Å². The molecule has 0 spiro atoms. The van der Waals surface area contributed by atoms with Crippen LogP contribution in [0.25, 0.3) is 0 Å². The lowest BCUT2D eigenvalue weighted by Gasteiger charge is -2.22. The largest absolute Gasteiger partial charge is 0.482 e. The molecule has 3 heteroatoms. The van der Waals surface area contributed by atoms with Gasteiger partial charge in [-0.15, -0.1) is 0 Å². The zero-order chi connectivity index (χ0) is 18.4. The van der Waals surface area contributed by atoms with Crippen molar-refractivity contribution in [3.8, 4) is 11.5 Å². The molecule has 0 aliphatic rings. The first-order valence-electron chi connectivity index (χ1n) is 8.83. The van der Waals surface area contributed by atoms with Crippen molar-refractivity contribution in [3.63, 3.8) is 0 Å². The predicted molar refractivity (Wildman–Crippen MR) is 101 cm³/mol. The Morgan fingerprint density at radius 3 is 2.32 bits per heavy atom. The van der Waals surface area contributed by atoms with E-state index in [4.69, 9.17) is 9.47 Å². The van der Waals surface area contributed by atoms with Gasteiger partial charge in [-0.05, 0) is 42.5 Å². The van der Waals surface area contributed by atoms with Gasteiger partial charge >= 0.3 is 5.97 Å². The van der Waals surface area contributed by atoms with Gasteiger partial charge in [0.2, 0.25) is 0 Å². The molecule has 0 saturated heterocycles. The molecule has 2 aromatic rings. The maximum Gasteiger partial charge on any atom is 0.349 e. The summed E-state index contributed by atoms with van der Waals surface area (Å²) in [4.78, 5) is 12.2. The highest BCUT2D eigenvalue weighted by Crippen LogP contribution is 2.32. The van der Waals surface area contributed by atoms with Crippen LogP contribution in [0, 0.1) is 6.92 Å². The van der Waals surface area contributed by atoms with Gasteiger partial charge in [0.15, 0.2) is 6.61 Å². The van der Waals surface area contributed by atoms with E-state index in [1.54, 1.807) is 0 Å². The lowest BCUT2D eigenvalue weighted by atomic mass is 9.85. The van der Waals surface area contributed by atoms with Gasteiger partial charge in [0.1, 0.15) is 11.5 Å². The maximum absolute atomic E-state index is 12.2. The molecule has 0 bridgehead atoms. The smallest absolute Gasteiger partial charge is 0.349 e. The number of hydrogen-bond donors (Lipinski definition) is 0. The molecule has 0 saturated carbocycles. The summed E-state index contributed by atoms with van der Waals surface area (Å²) in [7, 11) is 0. The van der Waals surface area contributed by atoms with Crippen LogP contribution in [0.15, 0.2) is 42.5 Å². The van der Waals surface area contributed by atoms with Gasteiger partial charge in [-0.25, -0.2) is 4.79 Å². The molecule has 0 heterocycles. The Bertz CT molecular complexity index is 709. The number of aryl methyl sites for hydroxylation is 2. The fraction of sp³-hybridized carbons (Fsp3) is 0.409. The van der Waals surface area contributed by atoms with E-state index in [9.17, 15) is 4.79 Å². The molecule has 0 fully saturated rings. The summed E-state index contributed by atoms with van der Waals surface area (Å²) in [5, 5.41) is 0. The highest BCUT2D eigenvalue weighted by Gasteiger charge is 2.21. The van der Waals surface area contributed by atoms with E-state index in [1.807, 2.05) is 43.3 Å². The summed E-state index contributed by atoms with van der Waals surface area (Å²) in [6.45, 7) is 10.4. The second kappa shape index (κ2) is 8.19. The third-order valence-corrected chi connectivity index (χ3v) is 3.99. The van der Waals surface area contributed by atoms with Gasteiger partial charge in [-0.1, -0.05) is 63.9 Å². The molecule has 0 aliphatic carbocycles. The van der Waals surface area contributed by atoms with Crippen molar-refractivity contribution >= 4 is 5.97 Å². The summed E-state index contributed by atoms with van der Waals surface area (Å²) in [5.74, 6) is 0.883. The normalized spacial score (nSPS) is 11.2. The highest BCUT2D eigenvalue weighted by atomic mass is 16.6. The van der Waals surface area contributed by atoms with Crippen molar-refractivity contribution < 1.29 is 14.3 Å². The molecule has 0 radical (unpaired) electrons. The van der Waals surface area contributed by atoms with E-state index in [2.05, 4.69) is 33.8 Å². The third kappa shape index (κ3) is 5.63. The van der Waals surface area contributed by atoms with Gasteiger partial charge in [-0.2, -0.15) is 0 Å². The van der Waals surface area contributed by atoms with Crippen LogP contribution in [0.3, 0.4) is 0 Å². The molecular weight excluding hydrogens is 312 g/mol. The van der Waals surface area contributed by atoms with Gasteiger partial charge in [0, 0.05) is 5.56 Å². The maximum atomic E-state index is 12.2. The second-order valence-corrected chi connectivity index (χ2v) is 7.41. The molecule has 0 aromatic heterocycles. The summed E-state index contributed by atoms with van der Waals surface area (Å²) < 4.78 is 11.1. The first-order chi connectivity index (χ1) is 11.8.